The largest absolute Gasteiger partial charge is 0.494 e. The quantitative estimate of drug-likeness (QED) is 0.854. The highest BCUT2D eigenvalue weighted by molar-refractivity contribution is 5.57. The van der Waals surface area contributed by atoms with E-state index in [1.54, 1.807) is 0 Å². The van der Waals surface area contributed by atoms with Crippen LogP contribution >= 0.6 is 0 Å². The fraction of sp³-hybridized carbons (Fsp3) is 0.273. The zero-order valence-electron chi connectivity index (χ0n) is 9.23. The highest BCUT2D eigenvalue weighted by Crippen LogP contribution is 2.25. The number of aryl methyl sites for hydroxylation is 1. The van der Waals surface area contributed by atoms with E-state index in [-0.39, 0.29) is 6.01 Å². The van der Waals surface area contributed by atoms with Crippen molar-refractivity contribution in [2.24, 2.45) is 0 Å². The molecular formula is C11H13N3O2. The minimum atomic E-state index is 0.0709. The van der Waals surface area contributed by atoms with Crippen molar-refractivity contribution in [3.8, 4) is 17.2 Å². The molecule has 0 fully saturated rings. The van der Waals surface area contributed by atoms with Gasteiger partial charge in [0, 0.05) is 5.56 Å². The van der Waals surface area contributed by atoms with Crippen molar-refractivity contribution in [2.75, 3.05) is 12.3 Å². The zero-order valence-corrected chi connectivity index (χ0v) is 9.23. The molecule has 2 rings (SSSR count). The van der Waals surface area contributed by atoms with E-state index in [0.717, 1.165) is 16.9 Å². The van der Waals surface area contributed by atoms with Crippen molar-refractivity contribution in [3.63, 3.8) is 0 Å². The second-order valence-corrected chi connectivity index (χ2v) is 3.36. The predicted molar refractivity (Wildman–Crippen MR) is 60.1 cm³/mol. The number of ether oxygens (including phenoxy) is 1. The van der Waals surface area contributed by atoms with Crippen molar-refractivity contribution in [2.45, 2.75) is 13.8 Å². The van der Waals surface area contributed by atoms with E-state index in [1.807, 2.05) is 32.0 Å². The first kappa shape index (κ1) is 10.5. The van der Waals surface area contributed by atoms with E-state index in [4.69, 9.17) is 14.9 Å². The normalized spacial score (nSPS) is 10.4. The van der Waals surface area contributed by atoms with Crippen molar-refractivity contribution < 1.29 is 9.15 Å². The molecule has 0 saturated heterocycles. The standard InChI is InChI=1S/C11H13N3O2/c1-3-15-9-5-4-8(6-7(9)2)10-13-14-11(12)16-10/h4-6H,3H2,1-2H3,(H2,12,14). The summed E-state index contributed by atoms with van der Waals surface area (Å²) < 4.78 is 10.6. The van der Waals surface area contributed by atoms with Crippen LogP contribution < -0.4 is 10.5 Å². The maximum absolute atomic E-state index is 5.44. The molecule has 5 nitrogen and oxygen atoms in total. The van der Waals surface area contributed by atoms with Gasteiger partial charge in [-0.05, 0) is 37.6 Å². The topological polar surface area (TPSA) is 74.2 Å². The Kier molecular flexibility index (Phi) is 2.76. The van der Waals surface area contributed by atoms with E-state index in [2.05, 4.69) is 10.2 Å². The molecule has 0 unspecified atom stereocenters. The van der Waals surface area contributed by atoms with Crippen molar-refractivity contribution >= 4 is 6.01 Å². The Labute approximate surface area is 93.2 Å². The second kappa shape index (κ2) is 4.22. The number of nitrogens with two attached hydrogens (primary N) is 1. The van der Waals surface area contributed by atoms with Crippen LogP contribution in [0.25, 0.3) is 11.5 Å². The first-order valence-electron chi connectivity index (χ1n) is 5.03. The third-order valence-corrected chi connectivity index (χ3v) is 2.16. The van der Waals surface area contributed by atoms with Crippen LogP contribution in [0.5, 0.6) is 5.75 Å². The van der Waals surface area contributed by atoms with Crippen LogP contribution in [0.2, 0.25) is 0 Å². The molecule has 0 aliphatic heterocycles. The molecule has 16 heavy (non-hydrogen) atoms. The number of benzene rings is 1. The molecule has 1 aromatic carbocycles. The lowest BCUT2D eigenvalue weighted by atomic mass is 10.1. The molecule has 0 saturated carbocycles. The Morgan fingerprint density at radius 2 is 2.19 bits per heavy atom. The number of anilines is 1. The van der Waals surface area contributed by atoms with Crippen LogP contribution in [0.4, 0.5) is 6.01 Å². The van der Waals surface area contributed by atoms with Gasteiger partial charge in [0.05, 0.1) is 6.61 Å². The molecule has 2 aromatic rings. The van der Waals surface area contributed by atoms with Crippen LogP contribution in [0.1, 0.15) is 12.5 Å². The summed E-state index contributed by atoms with van der Waals surface area (Å²) in [6.07, 6.45) is 0. The summed E-state index contributed by atoms with van der Waals surface area (Å²) in [4.78, 5) is 0. The lowest BCUT2D eigenvalue weighted by Gasteiger charge is -2.07. The zero-order chi connectivity index (χ0) is 11.5. The minimum Gasteiger partial charge on any atom is -0.494 e. The van der Waals surface area contributed by atoms with E-state index in [9.17, 15) is 0 Å². The fourth-order valence-electron chi connectivity index (χ4n) is 1.45. The van der Waals surface area contributed by atoms with E-state index < -0.39 is 0 Å². The Morgan fingerprint density at radius 1 is 1.38 bits per heavy atom. The van der Waals surface area contributed by atoms with Gasteiger partial charge in [-0.1, -0.05) is 5.10 Å². The average molecular weight is 219 g/mol. The van der Waals surface area contributed by atoms with Gasteiger partial charge in [0.25, 0.3) is 0 Å². The fourth-order valence-corrected chi connectivity index (χ4v) is 1.45. The molecule has 1 aromatic heterocycles. The van der Waals surface area contributed by atoms with Crippen LogP contribution in [-0.4, -0.2) is 16.8 Å². The number of nitrogen functional groups attached to an aromatic ring is 1. The molecule has 2 N–H and O–H groups in total. The van der Waals surface area contributed by atoms with Gasteiger partial charge in [-0.3, -0.25) is 0 Å². The number of hydrogen-bond acceptors (Lipinski definition) is 5. The van der Waals surface area contributed by atoms with Crippen LogP contribution in [0.3, 0.4) is 0 Å². The minimum absolute atomic E-state index is 0.0709. The SMILES string of the molecule is CCOc1ccc(-c2nnc(N)o2)cc1C. The molecule has 0 aliphatic carbocycles. The molecule has 5 heteroatoms. The maximum atomic E-state index is 5.44. The predicted octanol–water partition coefficient (Wildman–Crippen LogP) is 2.03. The third kappa shape index (κ3) is 1.98. The lowest BCUT2D eigenvalue weighted by Crippen LogP contribution is -1.94. The van der Waals surface area contributed by atoms with Crippen molar-refractivity contribution in [1.29, 1.82) is 0 Å². The van der Waals surface area contributed by atoms with Gasteiger partial charge in [0.1, 0.15) is 5.75 Å². The summed E-state index contributed by atoms with van der Waals surface area (Å²) in [6, 6.07) is 5.75. The van der Waals surface area contributed by atoms with Crippen molar-refractivity contribution in [1.82, 2.24) is 10.2 Å². The van der Waals surface area contributed by atoms with Gasteiger partial charge >= 0.3 is 6.01 Å². The summed E-state index contributed by atoms with van der Waals surface area (Å²) >= 11 is 0. The molecule has 0 bridgehead atoms. The Hall–Kier alpha value is -2.04. The average Bonchev–Trinajstić information content (AvgIpc) is 2.68. The van der Waals surface area contributed by atoms with Crippen LogP contribution in [0, 0.1) is 6.92 Å². The first-order valence-corrected chi connectivity index (χ1v) is 5.03. The summed E-state index contributed by atoms with van der Waals surface area (Å²) in [5.74, 6) is 1.28. The van der Waals surface area contributed by atoms with Gasteiger partial charge < -0.3 is 14.9 Å². The smallest absolute Gasteiger partial charge is 0.313 e. The van der Waals surface area contributed by atoms with Crippen LogP contribution in [0.15, 0.2) is 22.6 Å². The molecule has 84 valence electrons. The molecule has 0 amide bonds. The third-order valence-electron chi connectivity index (χ3n) is 2.16. The Balaban J connectivity index is 2.34. The highest BCUT2D eigenvalue weighted by atomic mass is 16.5. The van der Waals surface area contributed by atoms with Gasteiger partial charge in [-0.25, -0.2) is 0 Å². The molecule has 0 spiro atoms. The summed E-state index contributed by atoms with van der Waals surface area (Å²) in [5, 5.41) is 7.43. The maximum Gasteiger partial charge on any atom is 0.313 e. The summed E-state index contributed by atoms with van der Waals surface area (Å²) in [5.41, 5.74) is 7.23. The van der Waals surface area contributed by atoms with Gasteiger partial charge in [0.2, 0.25) is 5.89 Å². The molecule has 0 atom stereocenters. The van der Waals surface area contributed by atoms with E-state index >= 15 is 0 Å². The van der Waals surface area contributed by atoms with Gasteiger partial charge in [0.15, 0.2) is 0 Å². The molecule has 1 heterocycles. The first-order chi connectivity index (χ1) is 7.70. The Bertz CT molecular complexity index is 494. The lowest BCUT2D eigenvalue weighted by molar-refractivity contribution is 0.338. The second-order valence-electron chi connectivity index (χ2n) is 3.36. The highest BCUT2D eigenvalue weighted by Gasteiger charge is 2.08. The van der Waals surface area contributed by atoms with Crippen LogP contribution in [-0.2, 0) is 0 Å². The number of rotatable bonds is 3. The monoisotopic (exact) mass is 219 g/mol. The number of nitrogens with zero attached hydrogens (tertiary/aromatic N) is 2. The molecular weight excluding hydrogens is 206 g/mol. The van der Waals surface area contributed by atoms with E-state index in [1.165, 1.54) is 0 Å². The van der Waals surface area contributed by atoms with Gasteiger partial charge in [-0.2, -0.15) is 0 Å². The molecule has 0 radical (unpaired) electrons. The molecule has 0 aliphatic rings. The van der Waals surface area contributed by atoms with E-state index in [0.29, 0.717) is 12.5 Å². The van der Waals surface area contributed by atoms with Gasteiger partial charge in [-0.15, -0.1) is 5.10 Å². The van der Waals surface area contributed by atoms with Crippen molar-refractivity contribution in [3.05, 3.63) is 23.8 Å². The summed E-state index contributed by atoms with van der Waals surface area (Å²) in [7, 11) is 0. The number of aromatic nitrogens is 2. The summed E-state index contributed by atoms with van der Waals surface area (Å²) in [6.45, 7) is 4.56. The Morgan fingerprint density at radius 3 is 2.75 bits per heavy atom. The number of hydrogen-bond donors (Lipinski definition) is 1.